The quantitative estimate of drug-likeness (QED) is 0.645. The van der Waals surface area contributed by atoms with Crippen molar-refractivity contribution < 1.29 is 9.59 Å². The van der Waals surface area contributed by atoms with Gasteiger partial charge in [-0.15, -0.1) is 5.10 Å². The lowest BCUT2D eigenvalue weighted by Gasteiger charge is -2.20. The number of unbranched alkanes of at least 4 members (excludes halogenated alkanes) is 1. The summed E-state index contributed by atoms with van der Waals surface area (Å²) in [5.41, 5.74) is 10.5. The Morgan fingerprint density at radius 2 is 2.22 bits per heavy atom. The van der Waals surface area contributed by atoms with E-state index in [4.69, 9.17) is 11.5 Å². The normalized spacial score (nSPS) is 10.3. The molecule has 0 atom stereocenters. The maximum absolute atomic E-state index is 12.0. The molecule has 18 heavy (non-hydrogen) atoms. The fourth-order valence-corrected chi connectivity index (χ4v) is 1.45. The average molecular weight is 254 g/mol. The summed E-state index contributed by atoms with van der Waals surface area (Å²) in [6.07, 6.45) is 3.12. The van der Waals surface area contributed by atoms with Gasteiger partial charge in [-0.25, -0.2) is 9.67 Å². The number of carbonyl (C=O) groups is 2. The number of primary amides is 1. The van der Waals surface area contributed by atoms with E-state index in [2.05, 4.69) is 10.1 Å². The van der Waals surface area contributed by atoms with Gasteiger partial charge in [-0.1, -0.05) is 13.3 Å². The molecule has 0 aromatic carbocycles. The zero-order valence-electron chi connectivity index (χ0n) is 10.4. The maximum Gasteiger partial charge on any atom is 0.244 e. The van der Waals surface area contributed by atoms with Gasteiger partial charge in [0.1, 0.15) is 12.9 Å². The van der Waals surface area contributed by atoms with E-state index in [9.17, 15) is 9.59 Å². The van der Waals surface area contributed by atoms with Crippen LogP contribution in [0.15, 0.2) is 6.33 Å². The SMILES string of the molecule is CCCCN(CC(N)=O)C(=O)Cn1cnc(N)n1. The lowest BCUT2D eigenvalue weighted by molar-refractivity contribution is -0.135. The van der Waals surface area contributed by atoms with Crippen molar-refractivity contribution in [2.24, 2.45) is 5.73 Å². The molecule has 1 aromatic rings. The Morgan fingerprint density at radius 1 is 1.50 bits per heavy atom. The molecule has 8 heteroatoms. The smallest absolute Gasteiger partial charge is 0.244 e. The van der Waals surface area contributed by atoms with Crippen LogP contribution in [0.5, 0.6) is 0 Å². The predicted octanol–water partition coefficient (Wildman–Crippen LogP) is -1.03. The molecule has 0 aliphatic heterocycles. The summed E-state index contributed by atoms with van der Waals surface area (Å²) in [5, 5.41) is 3.81. The van der Waals surface area contributed by atoms with Gasteiger partial charge in [0.25, 0.3) is 0 Å². The Bertz CT molecular complexity index is 416. The summed E-state index contributed by atoms with van der Waals surface area (Å²) in [6, 6.07) is 0. The summed E-state index contributed by atoms with van der Waals surface area (Å²) < 4.78 is 1.33. The molecule has 0 aliphatic rings. The third kappa shape index (κ3) is 4.40. The molecule has 1 heterocycles. The maximum atomic E-state index is 12.0. The van der Waals surface area contributed by atoms with Gasteiger partial charge in [0.05, 0.1) is 6.54 Å². The van der Waals surface area contributed by atoms with E-state index >= 15 is 0 Å². The number of carbonyl (C=O) groups excluding carboxylic acids is 2. The first-order valence-electron chi connectivity index (χ1n) is 5.74. The van der Waals surface area contributed by atoms with Crippen LogP contribution in [-0.4, -0.2) is 44.6 Å². The van der Waals surface area contributed by atoms with Crippen molar-refractivity contribution in [2.75, 3.05) is 18.8 Å². The second kappa shape index (κ2) is 6.58. The number of hydrogen-bond donors (Lipinski definition) is 2. The van der Waals surface area contributed by atoms with Crippen molar-refractivity contribution >= 4 is 17.8 Å². The van der Waals surface area contributed by atoms with Gasteiger partial charge < -0.3 is 16.4 Å². The van der Waals surface area contributed by atoms with Crippen LogP contribution in [0.1, 0.15) is 19.8 Å². The van der Waals surface area contributed by atoms with Crippen LogP contribution in [0, 0.1) is 0 Å². The van der Waals surface area contributed by atoms with Gasteiger partial charge in [0.2, 0.25) is 17.8 Å². The second-order valence-corrected chi connectivity index (χ2v) is 3.94. The van der Waals surface area contributed by atoms with Crippen molar-refractivity contribution in [2.45, 2.75) is 26.3 Å². The van der Waals surface area contributed by atoms with Crippen LogP contribution in [0.2, 0.25) is 0 Å². The molecule has 0 bridgehead atoms. The van der Waals surface area contributed by atoms with Gasteiger partial charge in [-0.2, -0.15) is 0 Å². The van der Waals surface area contributed by atoms with Gasteiger partial charge in [0, 0.05) is 6.54 Å². The standard InChI is InChI=1S/C10H18N6O2/c1-2-3-4-15(5-8(11)17)9(18)6-16-7-13-10(12)14-16/h7H,2-6H2,1H3,(H2,11,17)(H2,12,14). The monoisotopic (exact) mass is 254 g/mol. The molecule has 8 nitrogen and oxygen atoms in total. The first-order chi connectivity index (χ1) is 8.52. The first-order valence-corrected chi connectivity index (χ1v) is 5.74. The Balaban J connectivity index is 2.60. The van der Waals surface area contributed by atoms with E-state index < -0.39 is 5.91 Å². The van der Waals surface area contributed by atoms with Gasteiger partial charge >= 0.3 is 0 Å². The number of hydrogen-bond acceptors (Lipinski definition) is 5. The number of nitrogens with two attached hydrogens (primary N) is 2. The molecule has 0 saturated heterocycles. The fraction of sp³-hybridized carbons (Fsp3) is 0.600. The summed E-state index contributed by atoms with van der Waals surface area (Å²) in [5.74, 6) is -0.650. The van der Waals surface area contributed by atoms with E-state index in [1.54, 1.807) is 0 Å². The largest absolute Gasteiger partial charge is 0.368 e. The highest BCUT2D eigenvalue weighted by molar-refractivity contribution is 5.83. The summed E-state index contributed by atoms with van der Waals surface area (Å²) in [7, 11) is 0. The minimum absolute atomic E-state index is 0.00118. The molecule has 0 saturated carbocycles. The fourth-order valence-electron chi connectivity index (χ4n) is 1.45. The number of anilines is 1. The number of amides is 2. The average Bonchev–Trinajstić information content (AvgIpc) is 2.69. The predicted molar refractivity (Wildman–Crippen MR) is 65.1 cm³/mol. The summed E-state index contributed by atoms with van der Waals surface area (Å²) in [6.45, 7) is 2.43. The van der Waals surface area contributed by atoms with Crippen molar-refractivity contribution in [1.82, 2.24) is 19.7 Å². The zero-order valence-corrected chi connectivity index (χ0v) is 10.4. The van der Waals surface area contributed by atoms with E-state index in [1.807, 2.05) is 6.92 Å². The molecule has 2 amide bonds. The van der Waals surface area contributed by atoms with Crippen LogP contribution < -0.4 is 11.5 Å². The van der Waals surface area contributed by atoms with Crippen molar-refractivity contribution in [3.05, 3.63) is 6.33 Å². The molecule has 1 aromatic heterocycles. The molecular weight excluding hydrogens is 236 g/mol. The van der Waals surface area contributed by atoms with E-state index in [0.29, 0.717) is 6.54 Å². The number of rotatable bonds is 7. The Morgan fingerprint density at radius 3 is 2.72 bits per heavy atom. The molecule has 1 rings (SSSR count). The molecule has 0 fully saturated rings. The van der Waals surface area contributed by atoms with Gasteiger partial charge in [-0.05, 0) is 6.42 Å². The second-order valence-electron chi connectivity index (χ2n) is 3.94. The van der Waals surface area contributed by atoms with Gasteiger partial charge in [-0.3, -0.25) is 9.59 Å². The topological polar surface area (TPSA) is 120 Å². The third-order valence-corrected chi connectivity index (χ3v) is 2.33. The van der Waals surface area contributed by atoms with Crippen LogP contribution in [0.3, 0.4) is 0 Å². The van der Waals surface area contributed by atoms with Crippen LogP contribution >= 0.6 is 0 Å². The van der Waals surface area contributed by atoms with E-state index in [1.165, 1.54) is 15.9 Å². The molecule has 4 N–H and O–H groups in total. The number of aromatic nitrogens is 3. The summed E-state index contributed by atoms with van der Waals surface area (Å²) in [4.78, 5) is 28.0. The van der Waals surface area contributed by atoms with Gasteiger partial charge in [0.15, 0.2) is 0 Å². The van der Waals surface area contributed by atoms with Crippen molar-refractivity contribution in [3.63, 3.8) is 0 Å². The van der Waals surface area contributed by atoms with Crippen LogP contribution in [0.4, 0.5) is 5.95 Å². The van der Waals surface area contributed by atoms with E-state index in [-0.39, 0.29) is 24.9 Å². The first kappa shape index (κ1) is 13.9. The Hall–Kier alpha value is -2.12. The highest BCUT2D eigenvalue weighted by atomic mass is 16.2. The Labute approximate surface area is 105 Å². The molecule has 0 spiro atoms. The minimum atomic E-state index is -0.530. The zero-order chi connectivity index (χ0) is 13.5. The molecule has 0 aliphatic carbocycles. The molecule has 0 unspecified atom stereocenters. The van der Waals surface area contributed by atoms with Crippen LogP contribution in [0.25, 0.3) is 0 Å². The Kier molecular flexibility index (Phi) is 5.09. The molecular formula is C10H18N6O2. The molecule has 100 valence electrons. The lowest BCUT2D eigenvalue weighted by atomic mass is 10.3. The number of nitrogen functional groups attached to an aromatic ring is 1. The van der Waals surface area contributed by atoms with E-state index in [0.717, 1.165) is 12.8 Å². The number of nitrogens with zero attached hydrogens (tertiary/aromatic N) is 4. The lowest BCUT2D eigenvalue weighted by Crippen LogP contribution is -2.40. The highest BCUT2D eigenvalue weighted by Crippen LogP contribution is 1.99. The minimum Gasteiger partial charge on any atom is -0.368 e. The highest BCUT2D eigenvalue weighted by Gasteiger charge is 2.16. The van der Waals surface area contributed by atoms with Crippen molar-refractivity contribution in [1.29, 1.82) is 0 Å². The van der Waals surface area contributed by atoms with Crippen LogP contribution in [-0.2, 0) is 16.1 Å². The third-order valence-electron chi connectivity index (χ3n) is 2.33. The summed E-state index contributed by atoms with van der Waals surface area (Å²) >= 11 is 0. The molecule has 0 radical (unpaired) electrons. The van der Waals surface area contributed by atoms with Crippen molar-refractivity contribution in [3.8, 4) is 0 Å².